The average molecular weight is 482 g/mol. The van der Waals surface area contributed by atoms with Gasteiger partial charge in [-0.3, -0.25) is 29.3 Å². The molecule has 2 bridgehead atoms. The van der Waals surface area contributed by atoms with Crippen molar-refractivity contribution in [3.8, 4) is 0 Å². The third-order valence-electron chi connectivity index (χ3n) is 7.14. The molecule has 0 aromatic heterocycles. The van der Waals surface area contributed by atoms with Crippen LogP contribution < -0.4 is 0 Å². The van der Waals surface area contributed by atoms with Gasteiger partial charge >= 0.3 is 0 Å². The number of rotatable bonds is 6. The first-order valence-corrected chi connectivity index (χ1v) is 11.4. The highest BCUT2D eigenvalue weighted by atomic mass is 35.5. The number of hydrazine groups is 1. The van der Waals surface area contributed by atoms with Gasteiger partial charge in [-0.25, -0.2) is 5.01 Å². The number of carbonyl (C=O) groups is 4. The number of benzene rings is 2. The summed E-state index contributed by atoms with van der Waals surface area (Å²) in [6, 6.07) is 11.0. The molecule has 3 fully saturated rings. The van der Waals surface area contributed by atoms with Crippen LogP contribution in [0.15, 0.2) is 48.5 Å². The number of Topliss-reactive ketones (excluding diaryl/α,β-unsaturated/α-hetero) is 1. The maximum absolute atomic E-state index is 13.5. The SMILES string of the molecule is O=C(CN(C(=O)c1ccc(Cl)cc1)N1C(=O)[C@@H]2[C@H]3CC[C@@H](C3)[C@@H]2C1=O)c1cccc([N+](=O)[O-])c1. The minimum absolute atomic E-state index is 0.00228. The summed E-state index contributed by atoms with van der Waals surface area (Å²) in [4.78, 5) is 63.8. The number of carbonyl (C=O) groups excluding carboxylic acids is 4. The summed E-state index contributed by atoms with van der Waals surface area (Å²) in [6.07, 6.45) is 2.57. The molecule has 1 heterocycles. The molecular weight excluding hydrogens is 462 g/mol. The van der Waals surface area contributed by atoms with Gasteiger partial charge in [-0.2, -0.15) is 5.01 Å². The highest BCUT2D eigenvalue weighted by Crippen LogP contribution is 2.56. The third kappa shape index (κ3) is 3.56. The Balaban J connectivity index is 1.50. The van der Waals surface area contributed by atoms with Gasteiger partial charge in [0, 0.05) is 28.3 Å². The van der Waals surface area contributed by atoms with Crippen molar-refractivity contribution >= 4 is 40.8 Å². The van der Waals surface area contributed by atoms with Crippen molar-refractivity contribution in [2.45, 2.75) is 19.3 Å². The summed E-state index contributed by atoms with van der Waals surface area (Å²) in [5, 5.41) is 13.2. The minimum Gasteiger partial charge on any atom is -0.292 e. The molecule has 1 saturated heterocycles. The summed E-state index contributed by atoms with van der Waals surface area (Å²) in [7, 11) is 0. The topological polar surface area (TPSA) is 118 Å². The van der Waals surface area contributed by atoms with E-state index in [4.69, 9.17) is 11.6 Å². The smallest absolute Gasteiger partial charge is 0.273 e. The first kappa shape index (κ1) is 22.2. The van der Waals surface area contributed by atoms with Crippen LogP contribution in [0.1, 0.15) is 40.0 Å². The van der Waals surface area contributed by atoms with E-state index < -0.39 is 46.8 Å². The lowest BCUT2D eigenvalue weighted by Gasteiger charge is -2.30. The fraction of sp³-hybridized carbons (Fsp3) is 0.333. The van der Waals surface area contributed by atoms with Gasteiger partial charge < -0.3 is 0 Å². The minimum atomic E-state index is -0.704. The van der Waals surface area contributed by atoms with Crippen molar-refractivity contribution in [2.24, 2.45) is 23.7 Å². The maximum atomic E-state index is 13.5. The van der Waals surface area contributed by atoms with Crippen molar-refractivity contribution in [1.82, 2.24) is 10.0 Å². The quantitative estimate of drug-likeness (QED) is 0.269. The molecule has 2 aromatic rings. The highest BCUT2D eigenvalue weighted by Gasteiger charge is 2.62. The molecule has 2 aromatic carbocycles. The predicted octanol–water partition coefficient (Wildman–Crippen LogP) is 3.52. The first-order valence-electron chi connectivity index (χ1n) is 11.0. The van der Waals surface area contributed by atoms with Crippen LogP contribution in [0.2, 0.25) is 5.02 Å². The summed E-state index contributed by atoms with van der Waals surface area (Å²) in [5.74, 6) is -2.99. The van der Waals surface area contributed by atoms with Crippen molar-refractivity contribution < 1.29 is 24.1 Å². The van der Waals surface area contributed by atoms with Crippen molar-refractivity contribution in [1.29, 1.82) is 0 Å². The van der Waals surface area contributed by atoms with E-state index in [0.29, 0.717) is 5.02 Å². The molecule has 9 nitrogen and oxygen atoms in total. The first-order chi connectivity index (χ1) is 16.3. The molecule has 3 aliphatic rings. The van der Waals surface area contributed by atoms with Gasteiger partial charge in [-0.15, -0.1) is 0 Å². The van der Waals surface area contributed by atoms with Gasteiger partial charge in [0.15, 0.2) is 5.78 Å². The number of amides is 3. The van der Waals surface area contributed by atoms with Gasteiger partial charge in [-0.1, -0.05) is 23.7 Å². The van der Waals surface area contributed by atoms with Crippen LogP contribution in [0.4, 0.5) is 5.69 Å². The summed E-state index contributed by atoms with van der Waals surface area (Å²) < 4.78 is 0. The van der Waals surface area contributed by atoms with Crippen LogP contribution in [0.3, 0.4) is 0 Å². The fourth-order valence-corrected chi connectivity index (χ4v) is 5.75. The molecule has 174 valence electrons. The van der Waals surface area contributed by atoms with Crippen LogP contribution in [-0.2, 0) is 9.59 Å². The van der Waals surface area contributed by atoms with Gasteiger partial charge in [0.05, 0.1) is 16.8 Å². The molecule has 0 spiro atoms. The van der Waals surface area contributed by atoms with E-state index in [1.54, 1.807) is 0 Å². The van der Waals surface area contributed by atoms with Crippen LogP contribution in [-0.4, -0.2) is 45.0 Å². The normalized spacial score (nSPS) is 24.9. The van der Waals surface area contributed by atoms with E-state index in [1.807, 2.05) is 0 Å². The standard InChI is InChI=1S/C24H20ClN3O6/c25-17-8-6-13(7-9-17)22(30)26(12-19(29)14-2-1-3-18(11-14)28(33)34)27-23(31)20-15-4-5-16(10-15)21(20)24(27)32/h1-3,6-9,11,15-16,20-21H,4-5,10,12H2/t15-,16-,20-,21+/m0/s1. The molecule has 34 heavy (non-hydrogen) atoms. The summed E-state index contributed by atoms with van der Waals surface area (Å²) >= 11 is 5.93. The Bertz CT molecular complexity index is 1200. The number of ketones is 1. The number of imide groups is 1. The van der Waals surface area contributed by atoms with Crippen LogP contribution >= 0.6 is 11.6 Å². The number of nitrogens with zero attached hydrogens (tertiary/aromatic N) is 3. The van der Waals surface area contributed by atoms with E-state index in [9.17, 15) is 29.3 Å². The van der Waals surface area contributed by atoms with Crippen LogP contribution in [0, 0.1) is 33.8 Å². The molecule has 5 rings (SSSR count). The number of hydrogen-bond acceptors (Lipinski definition) is 6. The van der Waals surface area contributed by atoms with Gasteiger partial charge in [0.25, 0.3) is 23.4 Å². The molecule has 10 heteroatoms. The predicted molar refractivity (Wildman–Crippen MR) is 120 cm³/mol. The number of nitro groups is 1. The van der Waals surface area contributed by atoms with E-state index in [0.717, 1.165) is 35.3 Å². The monoisotopic (exact) mass is 481 g/mol. The van der Waals surface area contributed by atoms with Crippen molar-refractivity contribution in [2.75, 3.05) is 6.54 Å². The fourth-order valence-electron chi connectivity index (χ4n) is 5.63. The van der Waals surface area contributed by atoms with E-state index in [1.165, 1.54) is 42.5 Å². The van der Waals surface area contributed by atoms with Gasteiger partial charge in [0.1, 0.15) is 6.54 Å². The van der Waals surface area contributed by atoms with Crippen LogP contribution in [0.25, 0.3) is 0 Å². The second-order valence-corrected chi connectivity index (χ2v) is 9.41. The van der Waals surface area contributed by atoms with Crippen molar-refractivity contribution in [3.63, 3.8) is 0 Å². The van der Waals surface area contributed by atoms with E-state index in [2.05, 4.69) is 0 Å². The molecule has 0 unspecified atom stereocenters. The molecule has 1 aliphatic heterocycles. The summed E-state index contributed by atoms with van der Waals surface area (Å²) in [5.41, 5.74) is -0.125. The van der Waals surface area contributed by atoms with Crippen LogP contribution in [0.5, 0.6) is 0 Å². The number of nitro benzene ring substituents is 1. The van der Waals surface area contributed by atoms with E-state index >= 15 is 0 Å². The average Bonchev–Trinajstić information content (AvgIpc) is 3.51. The largest absolute Gasteiger partial charge is 0.292 e. The lowest BCUT2D eigenvalue weighted by molar-refractivity contribution is -0.384. The maximum Gasteiger partial charge on any atom is 0.273 e. The second kappa shape index (κ2) is 8.32. The Morgan fingerprint density at radius 1 is 1.00 bits per heavy atom. The van der Waals surface area contributed by atoms with E-state index in [-0.39, 0.29) is 28.7 Å². The Morgan fingerprint density at radius 3 is 2.21 bits per heavy atom. The highest BCUT2D eigenvalue weighted by molar-refractivity contribution is 6.30. The molecule has 0 radical (unpaired) electrons. The Kier molecular flexibility index (Phi) is 5.44. The molecular formula is C24H20ClN3O6. The lowest BCUT2D eigenvalue weighted by Crippen LogP contribution is -2.52. The van der Waals surface area contributed by atoms with Gasteiger partial charge in [0.2, 0.25) is 0 Å². The zero-order valence-electron chi connectivity index (χ0n) is 17.9. The molecule has 3 amide bonds. The number of halogens is 1. The molecule has 0 N–H and O–H groups in total. The lowest BCUT2D eigenvalue weighted by atomic mass is 9.81. The van der Waals surface area contributed by atoms with Gasteiger partial charge in [-0.05, 0) is 55.4 Å². The summed E-state index contributed by atoms with van der Waals surface area (Å²) in [6.45, 7) is -0.616. The van der Waals surface area contributed by atoms with Crippen molar-refractivity contribution in [3.05, 3.63) is 74.8 Å². The number of non-ortho nitro benzene ring substituents is 1. The zero-order valence-corrected chi connectivity index (χ0v) is 18.7. The second-order valence-electron chi connectivity index (χ2n) is 8.97. The molecule has 4 atom stereocenters. The molecule has 2 saturated carbocycles. The zero-order chi connectivity index (χ0) is 24.1. The third-order valence-corrected chi connectivity index (χ3v) is 7.40. The number of fused-ring (bicyclic) bond motifs is 5. The Labute approximate surface area is 199 Å². The molecule has 2 aliphatic carbocycles. The number of hydrogen-bond donors (Lipinski definition) is 0. The Hall–Kier alpha value is -3.59. The Morgan fingerprint density at radius 2 is 1.62 bits per heavy atom.